The average Bonchev–Trinajstić information content (AvgIpc) is 3.10. The van der Waals surface area contributed by atoms with Gasteiger partial charge in [0.25, 0.3) is 5.91 Å². The highest BCUT2D eigenvalue weighted by Crippen LogP contribution is 2.31. The zero-order valence-electron chi connectivity index (χ0n) is 16.8. The summed E-state index contributed by atoms with van der Waals surface area (Å²) in [6, 6.07) is 4.28. The van der Waals surface area contributed by atoms with Crippen molar-refractivity contribution < 1.29 is 9.90 Å². The molecule has 0 bridgehead atoms. The Morgan fingerprint density at radius 1 is 1.36 bits per heavy atom. The van der Waals surface area contributed by atoms with Crippen LogP contribution in [-0.4, -0.2) is 51.0 Å². The second-order valence-electron chi connectivity index (χ2n) is 8.35. The predicted molar refractivity (Wildman–Crippen MR) is 112 cm³/mol. The minimum Gasteiger partial charge on any atom is -0.388 e. The van der Waals surface area contributed by atoms with Crippen LogP contribution in [0.3, 0.4) is 0 Å². The van der Waals surface area contributed by atoms with Crippen molar-refractivity contribution in [2.24, 2.45) is 0 Å². The summed E-state index contributed by atoms with van der Waals surface area (Å²) < 4.78 is 0. The summed E-state index contributed by atoms with van der Waals surface area (Å²) in [5.74, 6) is 0.0859. The van der Waals surface area contributed by atoms with E-state index in [1.807, 2.05) is 23.4 Å². The Labute approximate surface area is 171 Å². The number of piperidine rings is 1. The molecule has 1 unspecified atom stereocenters. The number of hydrogen-bond donors (Lipinski definition) is 1. The fourth-order valence-electron chi connectivity index (χ4n) is 4.25. The Hall–Kier alpha value is -1.76. The Balaban J connectivity index is 1.43. The first kappa shape index (κ1) is 19.6. The first-order valence-electron chi connectivity index (χ1n) is 10.2. The van der Waals surface area contributed by atoms with Crippen molar-refractivity contribution in [3.05, 3.63) is 51.0 Å². The number of hydrogen-bond acceptors (Lipinski definition) is 5. The van der Waals surface area contributed by atoms with E-state index < -0.39 is 5.60 Å². The molecule has 2 aromatic heterocycles. The zero-order valence-corrected chi connectivity index (χ0v) is 17.6. The van der Waals surface area contributed by atoms with Gasteiger partial charge in [-0.25, -0.2) is 0 Å². The van der Waals surface area contributed by atoms with Crippen LogP contribution in [0.5, 0.6) is 0 Å². The van der Waals surface area contributed by atoms with Gasteiger partial charge in [0.1, 0.15) is 0 Å². The summed E-state index contributed by atoms with van der Waals surface area (Å²) in [5, 5.41) is 12.4. The van der Waals surface area contributed by atoms with Crippen molar-refractivity contribution in [2.75, 3.05) is 19.6 Å². The van der Waals surface area contributed by atoms with E-state index in [4.69, 9.17) is 0 Å². The molecule has 2 aliphatic heterocycles. The van der Waals surface area contributed by atoms with Crippen molar-refractivity contribution in [1.29, 1.82) is 0 Å². The van der Waals surface area contributed by atoms with Crippen LogP contribution >= 0.6 is 11.3 Å². The number of aliphatic hydroxyl groups is 1. The van der Waals surface area contributed by atoms with Crippen molar-refractivity contribution in [2.45, 2.75) is 58.2 Å². The van der Waals surface area contributed by atoms with E-state index in [2.05, 4.69) is 28.9 Å². The van der Waals surface area contributed by atoms with E-state index in [-0.39, 0.29) is 5.91 Å². The van der Waals surface area contributed by atoms with Crippen LogP contribution < -0.4 is 0 Å². The van der Waals surface area contributed by atoms with Crippen LogP contribution in [0.2, 0.25) is 0 Å². The van der Waals surface area contributed by atoms with Gasteiger partial charge in [-0.3, -0.25) is 14.7 Å². The first-order chi connectivity index (χ1) is 13.4. The fraction of sp³-hybridized carbons (Fsp3) is 0.545. The summed E-state index contributed by atoms with van der Waals surface area (Å²) in [6.07, 6.45) is 5.51. The molecule has 1 fully saturated rings. The molecule has 28 heavy (non-hydrogen) atoms. The summed E-state index contributed by atoms with van der Waals surface area (Å²) in [5.41, 5.74) is 3.67. The molecule has 2 aromatic rings. The largest absolute Gasteiger partial charge is 0.388 e. The number of aromatic nitrogens is 1. The third-order valence-electron chi connectivity index (χ3n) is 5.90. The van der Waals surface area contributed by atoms with Crippen LogP contribution in [0.15, 0.2) is 23.7 Å². The maximum Gasteiger partial charge on any atom is 0.255 e. The molecule has 6 heteroatoms. The molecule has 4 rings (SSSR count). The van der Waals surface area contributed by atoms with Crippen LogP contribution in [0, 0.1) is 0 Å². The molecule has 0 radical (unpaired) electrons. The van der Waals surface area contributed by atoms with E-state index in [0.717, 1.165) is 63.1 Å². The lowest BCUT2D eigenvalue weighted by molar-refractivity contribution is -0.0107. The number of β-amino-alcohol motifs (C(OH)–C–C–N with tert-alkyl or cyclic N) is 1. The quantitative estimate of drug-likeness (QED) is 0.857. The molecule has 0 saturated carbocycles. The molecule has 4 heterocycles. The number of nitrogens with zero attached hydrogens (tertiary/aromatic N) is 3. The lowest BCUT2D eigenvalue weighted by Crippen LogP contribution is -2.48. The number of likely N-dealkylation sites (tertiary alicyclic amines) is 1. The molecule has 2 aliphatic rings. The lowest BCUT2D eigenvalue weighted by atomic mass is 9.94. The minimum absolute atomic E-state index is 0.0859. The molecule has 1 N–H and O–H groups in total. The molecule has 5 nitrogen and oxygen atoms in total. The monoisotopic (exact) mass is 399 g/mol. The molecular weight excluding hydrogens is 370 g/mol. The molecule has 1 amide bonds. The summed E-state index contributed by atoms with van der Waals surface area (Å²) >= 11 is 1.69. The van der Waals surface area contributed by atoms with Gasteiger partial charge >= 0.3 is 0 Å². The van der Waals surface area contributed by atoms with Gasteiger partial charge in [0.05, 0.1) is 16.9 Å². The zero-order chi connectivity index (χ0) is 19.7. The van der Waals surface area contributed by atoms with Gasteiger partial charge in [0.2, 0.25) is 0 Å². The third-order valence-corrected chi connectivity index (χ3v) is 6.91. The second-order valence-corrected chi connectivity index (χ2v) is 9.31. The van der Waals surface area contributed by atoms with Crippen molar-refractivity contribution >= 4 is 17.2 Å². The van der Waals surface area contributed by atoms with E-state index in [1.165, 1.54) is 16.0 Å². The van der Waals surface area contributed by atoms with E-state index in [1.54, 1.807) is 11.3 Å². The number of thiophene rings is 1. The van der Waals surface area contributed by atoms with Crippen molar-refractivity contribution in [3.8, 4) is 0 Å². The number of pyridine rings is 1. The minimum atomic E-state index is -0.763. The van der Waals surface area contributed by atoms with Gasteiger partial charge < -0.3 is 10.0 Å². The number of carbonyl (C=O) groups is 1. The number of amides is 1. The number of aryl methyl sites for hydroxylation is 1. The highest BCUT2D eigenvalue weighted by atomic mass is 32.1. The fourth-order valence-corrected chi connectivity index (χ4v) is 5.36. The molecule has 1 atom stereocenters. The van der Waals surface area contributed by atoms with Gasteiger partial charge in [0.15, 0.2) is 0 Å². The highest BCUT2D eigenvalue weighted by Gasteiger charge is 2.33. The lowest BCUT2D eigenvalue weighted by Gasteiger charge is -2.37. The molecule has 0 aliphatic carbocycles. The topological polar surface area (TPSA) is 56.7 Å². The number of rotatable bonds is 4. The van der Waals surface area contributed by atoms with Gasteiger partial charge in [-0.1, -0.05) is 13.0 Å². The Kier molecular flexibility index (Phi) is 5.54. The summed E-state index contributed by atoms with van der Waals surface area (Å²) in [6.45, 7) is 7.81. The SMILES string of the molecule is CCc1ccc(CN2CCc3c(C(=O)N4CCCC(C)(O)C4)csc3C2)nc1. The Morgan fingerprint density at radius 3 is 2.93 bits per heavy atom. The Bertz CT molecular complexity index is 844. The predicted octanol–water partition coefficient (Wildman–Crippen LogP) is 3.25. The smallest absolute Gasteiger partial charge is 0.255 e. The normalized spacial score (nSPS) is 22.9. The molecule has 150 valence electrons. The number of carbonyl (C=O) groups excluding carboxylic acids is 1. The molecular formula is C22H29N3O2S. The second kappa shape index (κ2) is 7.93. The Morgan fingerprint density at radius 2 is 2.21 bits per heavy atom. The van der Waals surface area contributed by atoms with Crippen molar-refractivity contribution in [3.63, 3.8) is 0 Å². The van der Waals surface area contributed by atoms with Crippen LogP contribution in [0.1, 0.15) is 58.7 Å². The van der Waals surface area contributed by atoms with Gasteiger partial charge in [0, 0.05) is 49.2 Å². The van der Waals surface area contributed by atoms with Gasteiger partial charge in [-0.15, -0.1) is 11.3 Å². The molecule has 0 spiro atoms. The van der Waals surface area contributed by atoms with Crippen LogP contribution in [-0.2, 0) is 25.9 Å². The summed E-state index contributed by atoms with van der Waals surface area (Å²) in [4.78, 5) is 23.2. The molecule has 1 saturated heterocycles. The highest BCUT2D eigenvalue weighted by molar-refractivity contribution is 7.10. The van der Waals surface area contributed by atoms with Crippen LogP contribution in [0.4, 0.5) is 0 Å². The standard InChI is InChI=1S/C22H29N3O2S/c1-3-16-5-6-17(23-11-16)12-24-10-7-18-19(14-28-20(18)13-24)21(26)25-9-4-8-22(2,27)15-25/h5-6,11,14,27H,3-4,7-10,12-13,15H2,1-2H3. The average molecular weight is 400 g/mol. The van der Waals surface area contributed by atoms with Gasteiger partial charge in [-0.05, 0) is 49.8 Å². The molecule has 0 aromatic carbocycles. The maximum absolute atomic E-state index is 13.1. The van der Waals surface area contributed by atoms with Crippen LogP contribution in [0.25, 0.3) is 0 Å². The van der Waals surface area contributed by atoms with Gasteiger partial charge in [-0.2, -0.15) is 0 Å². The maximum atomic E-state index is 13.1. The van der Waals surface area contributed by atoms with Crippen molar-refractivity contribution in [1.82, 2.24) is 14.8 Å². The first-order valence-corrected chi connectivity index (χ1v) is 11.1. The summed E-state index contributed by atoms with van der Waals surface area (Å²) in [7, 11) is 0. The van der Waals surface area contributed by atoms with E-state index >= 15 is 0 Å². The van der Waals surface area contributed by atoms with E-state index in [9.17, 15) is 9.90 Å². The third kappa shape index (κ3) is 4.14. The number of fused-ring (bicyclic) bond motifs is 1. The van der Waals surface area contributed by atoms with E-state index in [0.29, 0.717) is 6.54 Å².